The molecule has 0 saturated heterocycles. The molecule has 0 aliphatic carbocycles. The maximum absolute atomic E-state index is 2.60. The predicted molar refractivity (Wildman–Crippen MR) is 122 cm³/mol. The first-order valence-electron chi connectivity index (χ1n) is 12.3. The van der Waals surface area contributed by atoms with Gasteiger partial charge in [0.2, 0.25) is 0 Å². The van der Waals surface area contributed by atoms with Gasteiger partial charge in [0.05, 0.1) is 0 Å². The van der Waals surface area contributed by atoms with Gasteiger partial charge in [-0.25, -0.2) is 0 Å². The number of unbranched alkanes of at least 4 members (excludes halogenated alkanes) is 1. The van der Waals surface area contributed by atoms with E-state index in [-0.39, 0.29) is 0 Å². The first kappa shape index (κ1) is 26.0. The summed E-state index contributed by atoms with van der Waals surface area (Å²) in [6.07, 6.45) is 15.3. The highest BCUT2D eigenvalue weighted by molar-refractivity contribution is 4.83. The zero-order valence-electron chi connectivity index (χ0n) is 20.2. The van der Waals surface area contributed by atoms with Crippen LogP contribution in [0.5, 0.6) is 0 Å². The van der Waals surface area contributed by atoms with Crippen LogP contribution in [-0.4, -0.2) is 0 Å². The molecule has 0 N–H and O–H groups in total. The maximum atomic E-state index is 2.60. The average Bonchev–Trinajstić information content (AvgIpc) is 2.63. The molecule has 0 aromatic rings. The fourth-order valence-electron chi connectivity index (χ4n) is 5.20. The molecular weight excluding hydrogens is 312 g/mol. The molecule has 0 aliphatic heterocycles. The van der Waals surface area contributed by atoms with Gasteiger partial charge >= 0.3 is 0 Å². The maximum Gasteiger partial charge on any atom is -0.0326 e. The summed E-state index contributed by atoms with van der Waals surface area (Å²) in [4.78, 5) is 0. The molecule has 0 aliphatic rings. The van der Waals surface area contributed by atoms with Gasteiger partial charge in [-0.05, 0) is 60.7 Å². The molecule has 158 valence electrons. The van der Waals surface area contributed by atoms with Crippen LogP contribution in [0.2, 0.25) is 0 Å². The van der Waals surface area contributed by atoms with Gasteiger partial charge in [-0.2, -0.15) is 0 Å². The molecule has 0 rings (SSSR count). The Bertz CT molecular complexity index is 320. The van der Waals surface area contributed by atoms with E-state index in [0.717, 1.165) is 29.6 Å². The van der Waals surface area contributed by atoms with Crippen molar-refractivity contribution in [1.29, 1.82) is 0 Å². The Kier molecular flexibility index (Phi) is 14.1. The first-order valence-corrected chi connectivity index (χ1v) is 12.3. The van der Waals surface area contributed by atoms with Crippen LogP contribution in [0, 0.1) is 35.0 Å². The summed E-state index contributed by atoms with van der Waals surface area (Å²) in [5.41, 5.74) is 0.551. The summed E-state index contributed by atoms with van der Waals surface area (Å²) in [6, 6.07) is 0. The van der Waals surface area contributed by atoms with Gasteiger partial charge in [0, 0.05) is 0 Å². The van der Waals surface area contributed by atoms with E-state index in [9.17, 15) is 0 Å². The van der Waals surface area contributed by atoms with E-state index >= 15 is 0 Å². The van der Waals surface area contributed by atoms with Gasteiger partial charge < -0.3 is 0 Å². The lowest BCUT2D eigenvalue weighted by atomic mass is 9.66. The number of rotatable bonds is 16. The second kappa shape index (κ2) is 14.1. The van der Waals surface area contributed by atoms with Crippen molar-refractivity contribution in [2.24, 2.45) is 35.0 Å². The van der Waals surface area contributed by atoms with E-state index < -0.39 is 0 Å². The molecule has 0 amide bonds. The quantitative estimate of drug-likeness (QED) is 0.255. The molecule has 0 aromatic heterocycles. The Labute approximate surface area is 168 Å². The van der Waals surface area contributed by atoms with Crippen molar-refractivity contribution < 1.29 is 0 Å². The molecule has 0 saturated carbocycles. The van der Waals surface area contributed by atoms with Crippen LogP contribution in [-0.2, 0) is 0 Å². The van der Waals surface area contributed by atoms with Gasteiger partial charge in [-0.15, -0.1) is 0 Å². The second-order valence-corrected chi connectivity index (χ2v) is 10.1. The molecule has 0 aromatic carbocycles. The SMILES string of the molecule is CCCCC(C)(CC)CC(CC(C)CC(C)CC)C(C)C(CC)CCC. The third kappa shape index (κ3) is 9.80. The largest absolute Gasteiger partial charge is 0.0654 e. The third-order valence-corrected chi connectivity index (χ3v) is 7.62. The normalized spacial score (nSPS) is 20.2. The van der Waals surface area contributed by atoms with Crippen molar-refractivity contribution in [2.45, 2.75) is 133 Å². The molecule has 26 heavy (non-hydrogen) atoms. The van der Waals surface area contributed by atoms with E-state index in [1.165, 1.54) is 70.6 Å². The molecule has 0 bridgehead atoms. The minimum absolute atomic E-state index is 0.551. The van der Waals surface area contributed by atoms with Crippen molar-refractivity contribution in [3.8, 4) is 0 Å². The summed E-state index contributed by atoms with van der Waals surface area (Å²) in [5, 5.41) is 0. The molecule has 0 radical (unpaired) electrons. The highest BCUT2D eigenvalue weighted by atomic mass is 14.4. The highest BCUT2D eigenvalue weighted by Gasteiger charge is 2.32. The van der Waals surface area contributed by atoms with Crippen LogP contribution in [0.15, 0.2) is 0 Å². The lowest BCUT2D eigenvalue weighted by Gasteiger charge is -2.39. The Morgan fingerprint density at radius 2 is 1.38 bits per heavy atom. The molecule has 0 fully saturated rings. The fourth-order valence-corrected chi connectivity index (χ4v) is 5.20. The Hall–Kier alpha value is 0. The van der Waals surface area contributed by atoms with Crippen LogP contribution < -0.4 is 0 Å². The molecule has 6 atom stereocenters. The smallest absolute Gasteiger partial charge is 0.0326 e. The lowest BCUT2D eigenvalue weighted by molar-refractivity contribution is 0.113. The topological polar surface area (TPSA) is 0 Å². The molecule has 0 nitrogen and oxygen atoms in total. The number of hydrogen-bond donors (Lipinski definition) is 0. The average molecular weight is 367 g/mol. The highest BCUT2D eigenvalue weighted by Crippen LogP contribution is 2.43. The van der Waals surface area contributed by atoms with Crippen LogP contribution in [0.25, 0.3) is 0 Å². The van der Waals surface area contributed by atoms with Crippen molar-refractivity contribution >= 4 is 0 Å². The van der Waals surface area contributed by atoms with Gasteiger partial charge in [0.1, 0.15) is 0 Å². The fraction of sp³-hybridized carbons (Fsp3) is 1.00. The Morgan fingerprint density at radius 3 is 1.85 bits per heavy atom. The Balaban J connectivity index is 5.23. The second-order valence-electron chi connectivity index (χ2n) is 10.1. The minimum Gasteiger partial charge on any atom is -0.0654 e. The van der Waals surface area contributed by atoms with E-state index in [1.807, 2.05) is 0 Å². The Morgan fingerprint density at radius 1 is 0.731 bits per heavy atom. The van der Waals surface area contributed by atoms with Gasteiger partial charge in [0.25, 0.3) is 0 Å². The molecule has 0 heteroatoms. The van der Waals surface area contributed by atoms with E-state index in [0.29, 0.717) is 5.41 Å². The summed E-state index contributed by atoms with van der Waals surface area (Å²) >= 11 is 0. The van der Waals surface area contributed by atoms with Crippen molar-refractivity contribution in [1.82, 2.24) is 0 Å². The van der Waals surface area contributed by atoms with E-state index in [4.69, 9.17) is 0 Å². The zero-order chi connectivity index (χ0) is 20.2. The molecule has 0 heterocycles. The first-order chi connectivity index (χ1) is 12.3. The standard InChI is InChI=1S/C26H54/c1-10-15-17-26(9,14-5)20-25(19-22(7)18-21(6)12-3)23(8)24(13-4)16-11-2/h21-25H,10-20H2,1-9H3. The summed E-state index contributed by atoms with van der Waals surface area (Å²) in [7, 11) is 0. The van der Waals surface area contributed by atoms with Crippen LogP contribution >= 0.6 is 0 Å². The minimum atomic E-state index is 0.551. The van der Waals surface area contributed by atoms with E-state index in [1.54, 1.807) is 0 Å². The molecular formula is C26H54. The lowest BCUT2D eigenvalue weighted by Crippen LogP contribution is -2.29. The number of hydrogen-bond acceptors (Lipinski definition) is 0. The van der Waals surface area contributed by atoms with Crippen molar-refractivity contribution in [2.75, 3.05) is 0 Å². The van der Waals surface area contributed by atoms with E-state index in [2.05, 4.69) is 62.3 Å². The van der Waals surface area contributed by atoms with Crippen LogP contribution in [0.3, 0.4) is 0 Å². The van der Waals surface area contributed by atoms with Crippen molar-refractivity contribution in [3.63, 3.8) is 0 Å². The van der Waals surface area contributed by atoms with Crippen LogP contribution in [0.4, 0.5) is 0 Å². The predicted octanol–water partition coefficient (Wildman–Crippen LogP) is 9.52. The summed E-state index contributed by atoms with van der Waals surface area (Å²) in [6.45, 7) is 22.1. The monoisotopic (exact) mass is 366 g/mol. The summed E-state index contributed by atoms with van der Waals surface area (Å²) < 4.78 is 0. The molecule has 6 unspecified atom stereocenters. The summed E-state index contributed by atoms with van der Waals surface area (Å²) in [5.74, 6) is 4.48. The molecule has 0 spiro atoms. The van der Waals surface area contributed by atoms with Gasteiger partial charge in [0.15, 0.2) is 0 Å². The van der Waals surface area contributed by atoms with Crippen molar-refractivity contribution in [3.05, 3.63) is 0 Å². The van der Waals surface area contributed by atoms with Gasteiger partial charge in [-0.3, -0.25) is 0 Å². The zero-order valence-corrected chi connectivity index (χ0v) is 20.2. The van der Waals surface area contributed by atoms with Crippen LogP contribution in [0.1, 0.15) is 133 Å². The van der Waals surface area contributed by atoms with Gasteiger partial charge in [-0.1, -0.05) is 107 Å². The third-order valence-electron chi connectivity index (χ3n) is 7.62.